The quantitative estimate of drug-likeness (QED) is 0.168. The van der Waals surface area contributed by atoms with Crippen LogP contribution in [0.5, 0.6) is 0 Å². The van der Waals surface area contributed by atoms with Gasteiger partial charge in [0, 0.05) is 31.0 Å². The Bertz CT molecular complexity index is 1050. The van der Waals surface area contributed by atoms with Crippen LogP contribution in [0.4, 0.5) is 0 Å². The molecule has 1 atom stereocenters. The number of nitriles is 1. The first-order chi connectivity index (χ1) is 15.7. The van der Waals surface area contributed by atoms with Crippen molar-refractivity contribution in [2.24, 2.45) is 0 Å². The Hall–Kier alpha value is -4.12. The number of aromatic nitrogens is 1. The Morgan fingerprint density at radius 1 is 1.18 bits per heavy atom. The van der Waals surface area contributed by atoms with E-state index in [4.69, 9.17) is 19.6 Å². The summed E-state index contributed by atoms with van der Waals surface area (Å²) in [6.45, 7) is 10.5. The molecule has 8 nitrogen and oxygen atoms in total. The summed E-state index contributed by atoms with van der Waals surface area (Å²) in [4.78, 5) is 37.6. The van der Waals surface area contributed by atoms with E-state index in [2.05, 4.69) is 16.5 Å². The van der Waals surface area contributed by atoms with Gasteiger partial charge in [0.05, 0.1) is 17.2 Å². The molecule has 1 heterocycles. The highest BCUT2D eigenvalue weighted by molar-refractivity contribution is 5.89. The van der Waals surface area contributed by atoms with Crippen LogP contribution < -0.4 is 0 Å². The number of hydrogen-bond donors (Lipinski definition) is 0. The summed E-state index contributed by atoms with van der Waals surface area (Å²) >= 11 is 0. The second-order valence-corrected chi connectivity index (χ2v) is 7.57. The van der Waals surface area contributed by atoms with E-state index in [9.17, 15) is 9.59 Å². The maximum absolute atomic E-state index is 12.6. The highest BCUT2D eigenvalue weighted by atomic mass is 17.2. The van der Waals surface area contributed by atoms with Crippen molar-refractivity contribution in [2.75, 3.05) is 0 Å². The molecule has 1 aromatic heterocycles. The standard InChI is InChI=1S/C25H26N2O6/c1-6-23(30-24(29)20-11-9-19(15-26)10-12-20)25(4,5)31-17(2)14-22(33-32-18(3)28)21-8-7-13-27-16-21/h7-14,16,23H,2,6H2,1,3-5H3/b22-14-/t23-/m0/s1. The molecule has 0 unspecified atom stereocenters. The van der Waals surface area contributed by atoms with Crippen molar-refractivity contribution in [1.29, 1.82) is 5.26 Å². The summed E-state index contributed by atoms with van der Waals surface area (Å²) in [5.41, 5.74) is 0.369. The minimum absolute atomic E-state index is 0.168. The molecule has 0 aliphatic carbocycles. The summed E-state index contributed by atoms with van der Waals surface area (Å²) in [6.07, 6.45) is 4.45. The fourth-order valence-corrected chi connectivity index (χ4v) is 2.94. The van der Waals surface area contributed by atoms with Gasteiger partial charge in [0.25, 0.3) is 0 Å². The van der Waals surface area contributed by atoms with E-state index in [1.54, 1.807) is 44.3 Å². The highest BCUT2D eigenvalue weighted by Gasteiger charge is 2.34. The Morgan fingerprint density at radius 2 is 1.88 bits per heavy atom. The van der Waals surface area contributed by atoms with Crippen molar-refractivity contribution in [3.63, 3.8) is 0 Å². The second-order valence-electron chi connectivity index (χ2n) is 7.57. The van der Waals surface area contributed by atoms with Crippen LogP contribution in [0.25, 0.3) is 5.76 Å². The lowest BCUT2D eigenvalue weighted by atomic mass is 9.98. The van der Waals surface area contributed by atoms with Gasteiger partial charge in [0.2, 0.25) is 0 Å². The Balaban J connectivity index is 2.15. The number of carbonyl (C=O) groups excluding carboxylic acids is 2. The molecule has 172 valence electrons. The molecule has 1 aromatic carbocycles. The van der Waals surface area contributed by atoms with E-state index in [-0.39, 0.29) is 11.5 Å². The van der Waals surface area contributed by atoms with Gasteiger partial charge in [-0.1, -0.05) is 13.5 Å². The van der Waals surface area contributed by atoms with Crippen LogP contribution in [-0.2, 0) is 24.0 Å². The molecule has 8 heteroatoms. The molecule has 0 spiro atoms. The number of hydrogen-bond acceptors (Lipinski definition) is 8. The summed E-state index contributed by atoms with van der Waals surface area (Å²) in [7, 11) is 0. The minimum atomic E-state index is -0.952. The first kappa shape index (κ1) is 25.1. The fourth-order valence-electron chi connectivity index (χ4n) is 2.94. The molecule has 0 saturated heterocycles. The predicted octanol–water partition coefficient (Wildman–Crippen LogP) is 4.73. The van der Waals surface area contributed by atoms with E-state index >= 15 is 0 Å². The van der Waals surface area contributed by atoms with Gasteiger partial charge >= 0.3 is 11.9 Å². The van der Waals surface area contributed by atoms with E-state index in [0.717, 1.165) is 0 Å². The third-order valence-corrected chi connectivity index (χ3v) is 4.53. The summed E-state index contributed by atoms with van der Waals surface area (Å²) < 4.78 is 11.7. The van der Waals surface area contributed by atoms with Crippen LogP contribution >= 0.6 is 0 Å². The first-order valence-corrected chi connectivity index (χ1v) is 10.2. The molecule has 2 aromatic rings. The van der Waals surface area contributed by atoms with Crippen LogP contribution in [0.15, 0.2) is 67.2 Å². The lowest BCUT2D eigenvalue weighted by molar-refractivity contribution is -0.227. The average Bonchev–Trinajstić information content (AvgIpc) is 2.80. The Morgan fingerprint density at radius 3 is 2.42 bits per heavy atom. The lowest BCUT2D eigenvalue weighted by Gasteiger charge is -2.34. The molecule has 0 aliphatic rings. The first-order valence-electron chi connectivity index (χ1n) is 10.2. The van der Waals surface area contributed by atoms with Crippen molar-refractivity contribution in [2.45, 2.75) is 45.8 Å². The normalized spacial score (nSPS) is 12.2. The predicted molar refractivity (Wildman–Crippen MR) is 120 cm³/mol. The molecular formula is C25H26N2O6. The maximum Gasteiger partial charge on any atom is 0.352 e. The van der Waals surface area contributed by atoms with Gasteiger partial charge < -0.3 is 9.47 Å². The van der Waals surface area contributed by atoms with Crippen LogP contribution in [0.2, 0.25) is 0 Å². The number of rotatable bonds is 10. The molecule has 0 bridgehead atoms. The van der Waals surface area contributed by atoms with Gasteiger partial charge in [-0.2, -0.15) is 5.26 Å². The topological polar surface area (TPSA) is 108 Å². The number of ether oxygens (including phenoxy) is 2. The molecule has 0 aliphatic heterocycles. The van der Waals surface area contributed by atoms with Crippen molar-refractivity contribution < 1.29 is 28.8 Å². The molecule has 0 saturated carbocycles. The smallest absolute Gasteiger partial charge is 0.352 e. The van der Waals surface area contributed by atoms with Gasteiger partial charge in [-0.3, -0.25) is 14.8 Å². The highest BCUT2D eigenvalue weighted by Crippen LogP contribution is 2.27. The van der Waals surface area contributed by atoms with E-state index in [0.29, 0.717) is 23.1 Å². The zero-order valence-corrected chi connectivity index (χ0v) is 19.0. The number of carbonyl (C=O) groups is 2. The zero-order chi connectivity index (χ0) is 24.4. The monoisotopic (exact) mass is 450 g/mol. The van der Waals surface area contributed by atoms with E-state index < -0.39 is 23.6 Å². The number of allylic oxidation sites excluding steroid dienone is 1. The van der Waals surface area contributed by atoms with Crippen LogP contribution in [0, 0.1) is 11.3 Å². The van der Waals surface area contributed by atoms with E-state index in [1.807, 2.05) is 13.0 Å². The van der Waals surface area contributed by atoms with Crippen LogP contribution in [0.3, 0.4) is 0 Å². The number of nitrogens with zero attached hydrogens (tertiary/aromatic N) is 2. The molecule has 33 heavy (non-hydrogen) atoms. The summed E-state index contributed by atoms with van der Waals surface area (Å²) in [6, 6.07) is 11.6. The largest absolute Gasteiger partial charge is 0.484 e. The maximum atomic E-state index is 12.6. The van der Waals surface area contributed by atoms with Gasteiger partial charge in [-0.15, -0.1) is 0 Å². The van der Waals surface area contributed by atoms with Gasteiger partial charge in [0.15, 0.2) is 5.76 Å². The van der Waals surface area contributed by atoms with Crippen molar-refractivity contribution in [3.05, 3.63) is 83.9 Å². The van der Waals surface area contributed by atoms with Gasteiger partial charge in [0.1, 0.15) is 17.5 Å². The van der Waals surface area contributed by atoms with Crippen molar-refractivity contribution >= 4 is 17.7 Å². The average molecular weight is 450 g/mol. The third kappa shape index (κ3) is 7.51. The van der Waals surface area contributed by atoms with Crippen LogP contribution in [-0.4, -0.2) is 28.6 Å². The Kier molecular flexibility index (Phi) is 8.75. The summed E-state index contributed by atoms with van der Waals surface area (Å²) in [5, 5.41) is 8.90. The number of pyridine rings is 1. The fraction of sp³-hybridized carbons (Fsp3) is 0.280. The van der Waals surface area contributed by atoms with E-state index in [1.165, 1.54) is 31.3 Å². The van der Waals surface area contributed by atoms with Crippen LogP contribution in [0.1, 0.15) is 55.6 Å². The minimum Gasteiger partial charge on any atom is -0.484 e. The SMILES string of the molecule is C=C(/C=C(\OOC(C)=O)c1cccnc1)OC(C)(C)[C@H](CC)OC(=O)c1ccc(C#N)cc1. The van der Waals surface area contributed by atoms with Crippen molar-refractivity contribution in [1.82, 2.24) is 4.98 Å². The lowest BCUT2D eigenvalue weighted by Crippen LogP contribution is -2.41. The molecule has 0 N–H and O–H groups in total. The molecule has 0 amide bonds. The molecule has 2 rings (SSSR count). The third-order valence-electron chi connectivity index (χ3n) is 4.53. The summed E-state index contributed by atoms with van der Waals surface area (Å²) in [5.74, 6) is -0.795. The second kappa shape index (κ2) is 11.5. The van der Waals surface area contributed by atoms with Gasteiger partial charge in [-0.05, 0) is 56.7 Å². The van der Waals surface area contributed by atoms with Crippen molar-refractivity contribution in [3.8, 4) is 6.07 Å². The zero-order valence-electron chi connectivity index (χ0n) is 19.0. The molecule has 0 fully saturated rings. The molecular weight excluding hydrogens is 424 g/mol. The Labute approximate surface area is 193 Å². The number of benzene rings is 1. The van der Waals surface area contributed by atoms with Gasteiger partial charge in [-0.25, -0.2) is 9.59 Å². The molecule has 0 radical (unpaired) electrons. The number of esters is 1.